The van der Waals surface area contributed by atoms with Gasteiger partial charge >= 0.3 is 0 Å². The molecule has 4 aromatic rings. The van der Waals surface area contributed by atoms with Crippen molar-refractivity contribution in [2.45, 2.75) is 13.3 Å². The number of hydrogen-bond donors (Lipinski definition) is 1. The number of nitrogens with zero attached hydrogens (tertiary/aromatic N) is 3. The molecule has 3 heterocycles. The highest BCUT2D eigenvalue weighted by Gasteiger charge is 2.15. The highest BCUT2D eigenvalue weighted by Crippen LogP contribution is 2.35. The van der Waals surface area contributed by atoms with E-state index in [-0.39, 0.29) is 5.91 Å². The number of rotatable bonds is 4. The van der Waals surface area contributed by atoms with Crippen molar-refractivity contribution in [2.75, 3.05) is 5.32 Å². The van der Waals surface area contributed by atoms with Crippen molar-refractivity contribution in [1.29, 1.82) is 0 Å². The first kappa shape index (κ1) is 16.4. The molecule has 0 aliphatic heterocycles. The van der Waals surface area contributed by atoms with Crippen LogP contribution < -0.4 is 5.32 Å². The third-order valence-corrected chi connectivity index (χ3v) is 5.15. The van der Waals surface area contributed by atoms with Crippen LogP contribution in [0.4, 0.5) is 5.00 Å². The Hall–Kier alpha value is -3.12. The van der Waals surface area contributed by atoms with E-state index in [9.17, 15) is 4.79 Å². The summed E-state index contributed by atoms with van der Waals surface area (Å²) in [5.41, 5.74) is 4.61. The summed E-state index contributed by atoms with van der Waals surface area (Å²) >= 11 is 1.50. The van der Waals surface area contributed by atoms with Gasteiger partial charge in [0, 0.05) is 29.5 Å². The second kappa shape index (κ2) is 7.01. The SMILES string of the molecule is Cc1csc(NC(=O)Cc2cccc3ncccc23)c1-c1cnccn1. The Morgan fingerprint density at radius 3 is 2.88 bits per heavy atom. The van der Waals surface area contributed by atoms with Crippen LogP contribution in [-0.2, 0) is 11.2 Å². The third kappa shape index (κ3) is 3.19. The fourth-order valence-corrected chi connectivity index (χ4v) is 3.92. The van der Waals surface area contributed by atoms with E-state index < -0.39 is 0 Å². The maximum Gasteiger partial charge on any atom is 0.229 e. The van der Waals surface area contributed by atoms with E-state index in [0.717, 1.165) is 38.3 Å². The molecule has 1 amide bonds. The summed E-state index contributed by atoms with van der Waals surface area (Å²) < 4.78 is 0. The van der Waals surface area contributed by atoms with Crippen LogP contribution in [0.5, 0.6) is 0 Å². The van der Waals surface area contributed by atoms with E-state index in [1.54, 1.807) is 24.8 Å². The number of carbonyl (C=O) groups is 1. The molecular formula is C20H16N4OS. The molecule has 0 unspecified atom stereocenters. The van der Waals surface area contributed by atoms with Crippen LogP contribution in [0.15, 0.2) is 60.5 Å². The number of aromatic nitrogens is 3. The minimum atomic E-state index is -0.0617. The van der Waals surface area contributed by atoms with Crippen molar-refractivity contribution >= 4 is 33.1 Å². The van der Waals surface area contributed by atoms with Gasteiger partial charge in [-0.15, -0.1) is 11.3 Å². The molecular weight excluding hydrogens is 344 g/mol. The van der Waals surface area contributed by atoms with Gasteiger partial charge in [-0.3, -0.25) is 19.7 Å². The molecule has 1 aromatic carbocycles. The van der Waals surface area contributed by atoms with Crippen molar-refractivity contribution in [3.05, 3.63) is 71.6 Å². The second-order valence-corrected chi connectivity index (χ2v) is 6.81. The van der Waals surface area contributed by atoms with Gasteiger partial charge < -0.3 is 5.32 Å². The zero-order chi connectivity index (χ0) is 17.9. The van der Waals surface area contributed by atoms with Gasteiger partial charge in [0.1, 0.15) is 5.00 Å². The van der Waals surface area contributed by atoms with Crippen molar-refractivity contribution in [2.24, 2.45) is 0 Å². The third-order valence-electron chi connectivity index (χ3n) is 4.13. The average molecular weight is 360 g/mol. The molecule has 0 radical (unpaired) electrons. The molecule has 5 nitrogen and oxygen atoms in total. The Balaban J connectivity index is 1.60. The lowest BCUT2D eigenvalue weighted by molar-refractivity contribution is -0.115. The van der Waals surface area contributed by atoms with E-state index in [2.05, 4.69) is 20.3 Å². The first-order valence-electron chi connectivity index (χ1n) is 8.19. The van der Waals surface area contributed by atoms with Crippen LogP contribution in [0, 0.1) is 6.92 Å². The fraction of sp³-hybridized carbons (Fsp3) is 0.100. The van der Waals surface area contributed by atoms with Crippen LogP contribution in [0.1, 0.15) is 11.1 Å². The van der Waals surface area contributed by atoms with Gasteiger partial charge in [0.15, 0.2) is 0 Å². The number of amides is 1. The molecule has 4 rings (SSSR count). The van der Waals surface area contributed by atoms with E-state index >= 15 is 0 Å². The monoisotopic (exact) mass is 360 g/mol. The molecule has 6 heteroatoms. The lowest BCUT2D eigenvalue weighted by Crippen LogP contribution is -2.14. The molecule has 128 valence electrons. The molecule has 26 heavy (non-hydrogen) atoms. The fourth-order valence-electron chi connectivity index (χ4n) is 2.95. The van der Waals surface area contributed by atoms with Gasteiger partial charge in [-0.05, 0) is 35.6 Å². The first-order chi connectivity index (χ1) is 12.7. The standard InChI is InChI=1S/C20H16N4OS/c1-13-12-26-20(19(13)17-11-21-8-9-23-17)24-18(25)10-14-4-2-6-16-15(14)5-3-7-22-16/h2-9,11-12H,10H2,1H3,(H,24,25). The number of carbonyl (C=O) groups excluding carboxylic acids is 1. The zero-order valence-electron chi connectivity index (χ0n) is 14.1. The number of aryl methyl sites for hydroxylation is 1. The first-order valence-corrected chi connectivity index (χ1v) is 9.07. The van der Waals surface area contributed by atoms with Gasteiger partial charge in [0.25, 0.3) is 0 Å². The predicted molar refractivity (Wildman–Crippen MR) is 104 cm³/mol. The molecule has 1 N–H and O–H groups in total. The van der Waals surface area contributed by atoms with Crippen LogP contribution in [0.2, 0.25) is 0 Å². The summed E-state index contributed by atoms with van der Waals surface area (Å²) in [6.07, 6.45) is 7.05. The van der Waals surface area contributed by atoms with Crippen molar-refractivity contribution in [1.82, 2.24) is 15.0 Å². The summed E-state index contributed by atoms with van der Waals surface area (Å²) in [5.74, 6) is -0.0617. The predicted octanol–water partition coefficient (Wildman–Crippen LogP) is 4.24. The Morgan fingerprint density at radius 1 is 1.12 bits per heavy atom. The number of anilines is 1. The Kier molecular flexibility index (Phi) is 4.41. The number of nitrogens with one attached hydrogen (secondary N) is 1. The lowest BCUT2D eigenvalue weighted by atomic mass is 10.1. The van der Waals surface area contributed by atoms with Crippen LogP contribution in [0.25, 0.3) is 22.2 Å². The highest BCUT2D eigenvalue weighted by molar-refractivity contribution is 7.15. The number of fused-ring (bicyclic) bond motifs is 1. The smallest absolute Gasteiger partial charge is 0.229 e. The molecule has 0 aliphatic rings. The Morgan fingerprint density at radius 2 is 2.04 bits per heavy atom. The van der Waals surface area contributed by atoms with Gasteiger partial charge in [-0.1, -0.05) is 18.2 Å². The van der Waals surface area contributed by atoms with Crippen molar-refractivity contribution < 1.29 is 4.79 Å². The summed E-state index contributed by atoms with van der Waals surface area (Å²) in [6, 6.07) is 9.72. The maximum atomic E-state index is 12.7. The molecule has 0 saturated heterocycles. The molecule has 0 fully saturated rings. The number of pyridine rings is 1. The van der Waals surface area contributed by atoms with Crippen LogP contribution in [-0.4, -0.2) is 20.9 Å². The van der Waals surface area contributed by atoms with E-state index in [4.69, 9.17) is 0 Å². The van der Waals surface area contributed by atoms with E-state index in [0.29, 0.717) is 6.42 Å². The average Bonchev–Trinajstić information content (AvgIpc) is 3.03. The molecule has 0 saturated carbocycles. The van der Waals surface area contributed by atoms with Crippen molar-refractivity contribution in [3.8, 4) is 11.3 Å². The zero-order valence-corrected chi connectivity index (χ0v) is 15.0. The van der Waals surface area contributed by atoms with Gasteiger partial charge in [0.2, 0.25) is 5.91 Å². The minimum Gasteiger partial charge on any atom is -0.317 e. The molecule has 0 spiro atoms. The highest BCUT2D eigenvalue weighted by atomic mass is 32.1. The summed E-state index contributed by atoms with van der Waals surface area (Å²) in [5, 5.41) is 6.85. The summed E-state index contributed by atoms with van der Waals surface area (Å²) in [6.45, 7) is 2.01. The number of hydrogen-bond acceptors (Lipinski definition) is 5. The van der Waals surface area contributed by atoms with Gasteiger partial charge in [-0.25, -0.2) is 0 Å². The topological polar surface area (TPSA) is 67.8 Å². The van der Waals surface area contributed by atoms with E-state index in [1.807, 2.05) is 42.6 Å². The van der Waals surface area contributed by atoms with E-state index in [1.165, 1.54) is 11.3 Å². The van der Waals surface area contributed by atoms with Crippen LogP contribution >= 0.6 is 11.3 Å². The molecule has 0 bridgehead atoms. The Bertz CT molecular complexity index is 1070. The second-order valence-electron chi connectivity index (χ2n) is 5.93. The molecule has 0 atom stereocenters. The molecule has 0 aliphatic carbocycles. The largest absolute Gasteiger partial charge is 0.317 e. The lowest BCUT2D eigenvalue weighted by Gasteiger charge is -2.09. The van der Waals surface area contributed by atoms with Gasteiger partial charge in [-0.2, -0.15) is 0 Å². The van der Waals surface area contributed by atoms with Crippen LogP contribution in [0.3, 0.4) is 0 Å². The minimum absolute atomic E-state index is 0.0617. The molecule has 3 aromatic heterocycles. The summed E-state index contributed by atoms with van der Waals surface area (Å²) in [7, 11) is 0. The Labute approximate surface area is 154 Å². The maximum absolute atomic E-state index is 12.7. The number of thiophene rings is 1. The quantitative estimate of drug-likeness (QED) is 0.591. The van der Waals surface area contributed by atoms with Gasteiger partial charge in [0.05, 0.1) is 23.8 Å². The normalized spacial score (nSPS) is 10.8. The number of benzene rings is 1. The van der Waals surface area contributed by atoms with Crippen molar-refractivity contribution in [3.63, 3.8) is 0 Å². The summed E-state index contributed by atoms with van der Waals surface area (Å²) in [4.78, 5) is 25.5.